The SMILES string of the molecule is CC1=C2C(=O)OCC2C=CCC1. The van der Waals surface area contributed by atoms with E-state index < -0.39 is 0 Å². The van der Waals surface area contributed by atoms with Crippen molar-refractivity contribution in [2.45, 2.75) is 19.8 Å². The zero-order valence-electron chi connectivity index (χ0n) is 7.17. The summed E-state index contributed by atoms with van der Waals surface area (Å²) in [5, 5.41) is 0. The van der Waals surface area contributed by atoms with Gasteiger partial charge in [0.25, 0.3) is 0 Å². The number of fused-ring (bicyclic) bond motifs is 1. The fourth-order valence-corrected chi connectivity index (χ4v) is 1.82. The summed E-state index contributed by atoms with van der Waals surface area (Å²) in [7, 11) is 0. The molecule has 0 bridgehead atoms. The molecule has 2 rings (SSSR count). The number of hydrogen-bond acceptors (Lipinski definition) is 2. The molecule has 1 unspecified atom stereocenters. The van der Waals surface area contributed by atoms with Crippen molar-refractivity contribution in [1.29, 1.82) is 0 Å². The maximum atomic E-state index is 11.3. The normalized spacial score (nSPS) is 28.4. The van der Waals surface area contributed by atoms with Crippen LogP contribution in [0.1, 0.15) is 19.8 Å². The summed E-state index contributed by atoms with van der Waals surface area (Å²) >= 11 is 0. The summed E-state index contributed by atoms with van der Waals surface area (Å²) < 4.78 is 4.98. The third-order valence-electron chi connectivity index (χ3n) is 2.50. The van der Waals surface area contributed by atoms with Gasteiger partial charge in [-0.15, -0.1) is 0 Å². The molecule has 0 aromatic heterocycles. The average Bonchev–Trinajstić information content (AvgIpc) is 2.29. The number of rotatable bonds is 0. The van der Waals surface area contributed by atoms with Crippen LogP contribution in [0.5, 0.6) is 0 Å². The van der Waals surface area contributed by atoms with Gasteiger partial charge in [-0.25, -0.2) is 4.79 Å². The van der Waals surface area contributed by atoms with E-state index in [0.29, 0.717) is 6.61 Å². The molecule has 0 saturated carbocycles. The first kappa shape index (κ1) is 7.59. The Kier molecular flexibility index (Phi) is 1.75. The molecular weight excluding hydrogens is 152 g/mol. The number of ether oxygens (including phenoxy) is 1. The van der Waals surface area contributed by atoms with Crippen molar-refractivity contribution in [2.24, 2.45) is 5.92 Å². The number of hydrogen-bond donors (Lipinski definition) is 0. The van der Waals surface area contributed by atoms with Gasteiger partial charge in [0.15, 0.2) is 0 Å². The molecule has 2 heteroatoms. The van der Waals surface area contributed by atoms with Gasteiger partial charge in [-0.1, -0.05) is 17.7 Å². The molecule has 1 heterocycles. The molecule has 0 aromatic rings. The van der Waals surface area contributed by atoms with E-state index >= 15 is 0 Å². The second-order valence-electron chi connectivity index (χ2n) is 3.37. The van der Waals surface area contributed by atoms with Crippen LogP contribution >= 0.6 is 0 Å². The van der Waals surface area contributed by atoms with Crippen LogP contribution in [0.3, 0.4) is 0 Å². The molecule has 1 saturated heterocycles. The Balaban J connectivity index is 2.40. The number of carbonyl (C=O) groups is 1. The first-order chi connectivity index (χ1) is 5.79. The number of esters is 1. The third-order valence-corrected chi connectivity index (χ3v) is 2.50. The molecular formula is C10H12O2. The highest BCUT2D eigenvalue weighted by Gasteiger charge is 2.30. The van der Waals surface area contributed by atoms with E-state index in [2.05, 4.69) is 12.2 Å². The van der Waals surface area contributed by atoms with E-state index in [0.717, 1.165) is 18.4 Å². The minimum Gasteiger partial charge on any atom is -0.461 e. The van der Waals surface area contributed by atoms with E-state index in [9.17, 15) is 4.79 Å². The monoisotopic (exact) mass is 164 g/mol. The van der Waals surface area contributed by atoms with Crippen molar-refractivity contribution in [3.8, 4) is 0 Å². The first-order valence-corrected chi connectivity index (χ1v) is 4.32. The lowest BCUT2D eigenvalue weighted by molar-refractivity contribution is -0.135. The first-order valence-electron chi connectivity index (χ1n) is 4.32. The van der Waals surface area contributed by atoms with Crippen molar-refractivity contribution in [1.82, 2.24) is 0 Å². The van der Waals surface area contributed by atoms with E-state index in [4.69, 9.17) is 4.74 Å². The second-order valence-corrected chi connectivity index (χ2v) is 3.37. The highest BCUT2D eigenvalue weighted by atomic mass is 16.5. The summed E-state index contributed by atoms with van der Waals surface area (Å²) in [4.78, 5) is 11.3. The Morgan fingerprint density at radius 3 is 3.25 bits per heavy atom. The Hall–Kier alpha value is -1.05. The molecule has 0 aromatic carbocycles. The Labute approximate surface area is 71.9 Å². The van der Waals surface area contributed by atoms with Gasteiger partial charge in [0, 0.05) is 11.5 Å². The molecule has 0 spiro atoms. The van der Waals surface area contributed by atoms with Gasteiger partial charge in [0.05, 0.1) is 0 Å². The van der Waals surface area contributed by atoms with Gasteiger partial charge in [-0.05, 0) is 19.8 Å². The molecule has 1 fully saturated rings. The standard InChI is InChI=1S/C10H12O2/c1-7-4-2-3-5-8-6-12-10(11)9(7)8/h3,5,8H,2,4,6H2,1H3. The maximum absolute atomic E-state index is 11.3. The van der Waals surface area contributed by atoms with E-state index in [1.54, 1.807) is 0 Å². The zero-order chi connectivity index (χ0) is 8.55. The van der Waals surface area contributed by atoms with Crippen LogP contribution in [0.4, 0.5) is 0 Å². The summed E-state index contributed by atoms with van der Waals surface area (Å²) in [6.07, 6.45) is 6.29. The van der Waals surface area contributed by atoms with Gasteiger partial charge < -0.3 is 4.74 Å². The van der Waals surface area contributed by atoms with Crippen molar-refractivity contribution >= 4 is 5.97 Å². The summed E-state index contributed by atoms with van der Waals surface area (Å²) in [5.74, 6) is 0.129. The molecule has 2 nitrogen and oxygen atoms in total. The summed E-state index contributed by atoms with van der Waals surface area (Å²) in [6, 6.07) is 0. The molecule has 1 aliphatic carbocycles. The van der Waals surface area contributed by atoms with Crippen molar-refractivity contribution in [3.05, 3.63) is 23.3 Å². The molecule has 0 N–H and O–H groups in total. The van der Waals surface area contributed by atoms with Crippen LogP contribution in [0.2, 0.25) is 0 Å². The van der Waals surface area contributed by atoms with Crippen LogP contribution in [-0.4, -0.2) is 12.6 Å². The number of carbonyl (C=O) groups excluding carboxylic acids is 1. The molecule has 1 atom stereocenters. The topological polar surface area (TPSA) is 26.3 Å². The zero-order valence-corrected chi connectivity index (χ0v) is 7.17. The van der Waals surface area contributed by atoms with Crippen LogP contribution in [-0.2, 0) is 9.53 Å². The predicted molar refractivity (Wildman–Crippen MR) is 45.5 cm³/mol. The van der Waals surface area contributed by atoms with Crippen LogP contribution in [0.15, 0.2) is 23.3 Å². The average molecular weight is 164 g/mol. The van der Waals surface area contributed by atoms with E-state index in [1.165, 1.54) is 5.57 Å². The number of cyclic esters (lactones) is 1. The molecule has 2 aliphatic rings. The van der Waals surface area contributed by atoms with Gasteiger partial charge in [0.2, 0.25) is 0 Å². The predicted octanol–water partition coefficient (Wildman–Crippen LogP) is 1.83. The molecule has 12 heavy (non-hydrogen) atoms. The largest absolute Gasteiger partial charge is 0.461 e. The highest BCUT2D eigenvalue weighted by molar-refractivity contribution is 5.92. The second kappa shape index (κ2) is 2.77. The molecule has 64 valence electrons. The molecule has 0 radical (unpaired) electrons. The van der Waals surface area contributed by atoms with Crippen LogP contribution in [0, 0.1) is 5.92 Å². The lowest BCUT2D eigenvalue weighted by Crippen LogP contribution is -2.02. The Morgan fingerprint density at radius 2 is 2.42 bits per heavy atom. The quantitative estimate of drug-likeness (QED) is 0.403. The van der Waals surface area contributed by atoms with Crippen molar-refractivity contribution in [3.63, 3.8) is 0 Å². The fourth-order valence-electron chi connectivity index (χ4n) is 1.82. The Morgan fingerprint density at radius 1 is 1.58 bits per heavy atom. The smallest absolute Gasteiger partial charge is 0.334 e. The summed E-state index contributed by atoms with van der Waals surface area (Å²) in [5.41, 5.74) is 2.11. The van der Waals surface area contributed by atoms with Gasteiger partial charge in [-0.3, -0.25) is 0 Å². The lowest BCUT2D eigenvalue weighted by Gasteiger charge is -2.02. The van der Waals surface area contributed by atoms with E-state index in [-0.39, 0.29) is 11.9 Å². The lowest BCUT2D eigenvalue weighted by atomic mass is 9.98. The van der Waals surface area contributed by atoms with Gasteiger partial charge in [-0.2, -0.15) is 0 Å². The molecule has 0 amide bonds. The third kappa shape index (κ3) is 1.07. The van der Waals surface area contributed by atoms with Gasteiger partial charge >= 0.3 is 5.97 Å². The minimum absolute atomic E-state index is 0.107. The van der Waals surface area contributed by atoms with Crippen molar-refractivity contribution < 1.29 is 9.53 Å². The number of allylic oxidation sites excluding steroid dienone is 2. The Bertz CT molecular complexity index is 274. The molecule has 1 aliphatic heterocycles. The van der Waals surface area contributed by atoms with Crippen molar-refractivity contribution in [2.75, 3.05) is 6.61 Å². The van der Waals surface area contributed by atoms with Crippen LogP contribution < -0.4 is 0 Å². The maximum Gasteiger partial charge on any atom is 0.334 e. The van der Waals surface area contributed by atoms with Crippen LogP contribution in [0.25, 0.3) is 0 Å². The minimum atomic E-state index is -0.107. The van der Waals surface area contributed by atoms with E-state index in [1.807, 2.05) is 6.92 Å². The highest BCUT2D eigenvalue weighted by Crippen LogP contribution is 2.30. The fraction of sp³-hybridized carbons (Fsp3) is 0.500. The summed E-state index contributed by atoms with van der Waals surface area (Å²) in [6.45, 7) is 2.57. The van der Waals surface area contributed by atoms with Gasteiger partial charge in [0.1, 0.15) is 6.61 Å².